The fourth-order valence-electron chi connectivity index (χ4n) is 5.34. The highest BCUT2D eigenvalue weighted by molar-refractivity contribution is 7.89. The van der Waals surface area contributed by atoms with E-state index in [-0.39, 0.29) is 17.5 Å². The molecule has 4 N–H and O–H groups in total. The number of amides is 1. The predicted octanol–water partition coefficient (Wildman–Crippen LogP) is 4.24. The molecular formula is C27H33FN4O3S. The van der Waals surface area contributed by atoms with Gasteiger partial charge >= 0.3 is 0 Å². The molecule has 1 aliphatic carbocycles. The molecule has 2 fully saturated rings. The van der Waals surface area contributed by atoms with Crippen LogP contribution in [-0.4, -0.2) is 48.5 Å². The summed E-state index contributed by atoms with van der Waals surface area (Å²) in [7, 11) is -3.20. The van der Waals surface area contributed by atoms with Crippen molar-refractivity contribution in [3.05, 3.63) is 59.0 Å². The summed E-state index contributed by atoms with van der Waals surface area (Å²) in [5, 5.41) is 4.31. The third-order valence-corrected chi connectivity index (χ3v) is 9.69. The van der Waals surface area contributed by atoms with Gasteiger partial charge in [0.1, 0.15) is 5.82 Å². The zero-order chi connectivity index (χ0) is 25.4. The van der Waals surface area contributed by atoms with Crippen LogP contribution in [0.15, 0.2) is 36.5 Å². The van der Waals surface area contributed by atoms with Crippen molar-refractivity contribution >= 4 is 26.8 Å². The highest BCUT2D eigenvalue weighted by atomic mass is 32.2. The van der Waals surface area contributed by atoms with E-state index in [0.717, 1.165) is 34.9 Å². The SMILES string of the molecule is CCS(=O)(=O)N1CCC(c2c[nH]c3c(C(N)=O)cc(-c4ccc(F)c(CNC5CCC5)c4)cc23)CC1. The molecule has 0 atom stereocenters. The summed E-state index contributed by atoms with van der Waals surface area (Å²) in [6.07, 6.45) is 6.78. The van der Waals surface area contributed by atoms with Crippen LogP contribution in [0.3, 0.4) is 0 Å². The average molecular weight is 513 g/mol. The van der Waals surface area contributed by atoms with E-state index in [0.29, 0.717) is 55.2 Å². The molecular weight excluding hydrogens is 479 g/mol. The van der Waals surface area contributed by atoms with Gasteiger partial charge in [0.25, 0.3) is 5.91 Å². The predicted molar refractivity (Wildman–Crippen MR) is 140 cm³/mol. The minimum Gasteiger partial charge on any atom is -0.366 e. The van der Waals surface area contributed by atoms with Crippen LogP contribution in [0.2, 0.25) is 0 Å². The summed E-state index contributed by atoms with van der Waals surface area (Å²) in [6, 6.07) is 9.29. The molecule has 2 aromatic carbocycles. The van der Waals surface area contributed by atoms with Gasteiger partial charge in [0.15, 0.2) is 0 Å². The van der Waals surface area contributed by atoms with E-state index in [1.54, 1.807) is 23.4 Å². The first-order chi connectivity index (χ1) is 17.3. The first kappa shape index (κ1) is 24.9. The minimum absolute atomic E-state index is 0.103. The number of primary amides is 1. The Labute approximate surface area is 211 Å². The van der Waals surface area contributed by atoms with Crippen LogP contribution in [0.5, 0.6) is 0 Å². The monoisotopic (exact) mass is 512 g/mol. The third-order valence-electron chi connectivity index (χ3n) is 7.80. The maximum atomic E-state index is 14.6. The molecule has 0 unspecified atom stereocenters. The second kappa shape index (κ2) is 9.95. The van der Waals surface area contributed by atoms with Crippen LogP contribution in [0, 0.1) is 5.82 Å². The summed E-state index contributed by atoms with van der Waals surface area (Å²) in [6.45, 7) is 3.08. The molecule has 1 saturated carbocycles. The van der Waals surface area contributed by atoms with E-state index in [1.165, 1.54) is 12.5 Å². The lowest BCUT2D eigenvalue weighted by atomic mass is 9.88. The van der Waals surface area contributed by atoms with Crippen LogP contribution in [0.25, 0.3) is 22.0 Å². The van der Waals surface area contributed by atoms with Gasteiger partial charge in [-0.3, -0.25) is 4.79 Å². The Kier molecular flexibility index (Phi) is 6.89. The van der Waals surface area contributed by atoms with E-state index in [1.807, 2.05) is 18.3 Å². The quantitative estimate of drug-likeness (QED) is 0.419. The molecule has 1 saturated heterocycles. The molecule has 9 heteroatoms. The fourth-order valence-corrected chi connectivity index (χ4v) is 6.47. The van der Waals surface area contributed by atoms with Crippen molar-refractivity contribution in [1.82, 2.24) is 14.6 Å². The van der Waals surface area contributed by atoms with Gasteiger partial charge < -0.3 is 16.0 Å². The zero-order valence-electron chi connectivity index (χ0n) is 20.5. The van der Waals surface area contributed by atoms with Crippen molar-refractivity contribution in [2.24, 2.45) is 5.73 Å². The van der Waals surface area contributed by atoms with Crippen molar-refractivity contribution < 1.29 is 17.6 Å². The van der Waals surface area contributed by atoms with Crippen LogP contribution < -0.4 is 11.1 Å². The number of hydrogen-bond donors (Lipinski definition) is 3. The molecule has 5 rings (SSSR count). The largest absolute Gasteiger partial charge is 0.366 e. The van der Waals surface area contributed by atoms with E-state index in [4.69, 9.17) is 5.73 Å². The number of nitrogens with one attached hydrogen (secondary N) is 2. The second-order valence-corrected chi connectivity index (χ2v) is 12.2. The van der Waals surface area contributed by atoms with Crippen LogP contribution in [0.4, 0.5) is 4.39 Å². The Balaban J connectivity index is 1.48. The molecule has 0 spiro atoms. The molecule has 0 bridgehead atoms. The van der Waals surface area contributed by atoms with Crippen LogP contribution in [0.1, 0.15) is 66.4 Å². The maximum absolute atomic E-state index is 14.6. The molecule has 192 valence electrons. The van der Waals surface area contributed by atoms with Crippen molar-refractivity contribution in [3.8, 4) is 11.1 Å². The minimum atomic E-state index is -3.20. The van der Waals surface area contributed by atoms with Crippen molar-refractivity contribution in [2.75, 3.05) is 18.8 Å². The zero-order valence-corrected chi connectivity index (χ0v) is 21.3. The number of aromatic nitrogens is 1. The highest BCUT2D eigenvalue weighted by Gasteiger charge is 2.29. The summed E-state index contributed by atoms with van der Waals surface area (Å²) in [5.41, 5.74) is 10.1. The molecule has 2 aliphatic rings. The number of nitrogens with two attached hydrogens (primary N) is 1. The van der Waals surface area contributed by atoms with Gasteiger partial charge in [0, 0.05) is 42.8 Å². The lowest BCUT2D eigenvalue weighted by molar-refractivity contribution is 0.100. The third kappa shape index (κ3) is 4.79. The van der Waals surface area contributed by atoms with E-state index >= 15 is 0 Å². The number of halogens is 1. The van der Waals surface area contributed by atoms with E-state index < -0.39 is 15.9 Å². The number of piperidine rings is 1. The topological polar surface area (TPSA) is 108 Å². The molecule has 0 radical (unpaired) electrons. The van der Waals surface area contributed by atoms with Crippen molar-refractivity contribution in [2.45, 2.75) is 57.5 Å². The Bertz CT molecular complexity index is 1390. The van der Waals surface area contributed by atoms with Gasteiger partial charge in [-0.25, -0.2) is 17.1 Å². The van der Waals surface area contributed by atoms with E-state index in [2.05, 4.69) is 10.3 Å². The summed E-state index contributed by atoms with van der Waals surface area (Å²) in [5.74, 6) is -0.522. The lowest BCUT2D eigenvalue weighted by Gasteiger charge is -2.31. The number of hydrogen-bond acceptors (Lipinski definition) is 4. The van der Waals surface area contributed by atoms with E-state index in [9.17, 15) is 17.6 Å². The molecule has 7 nitrogen and oxygen atoms in total. The van der Waals surface area contributed by atoms with Gasteiger partial charge in [-0.15, -0.1) is 0 Å². The van der Waals surface area contributed by atoms with Gasteiger partial charge in [-0.1, -0.05) is 12.5 Å². The first-order valence-electron chi connectivity index (χ1n) is 12.7. The Hall–Kier alpha value is -2.75. The highest BCUT2D eigenvalue weighted by Crippen LogP contribution is 2.37. The maximum Gasteiger partial charge on any atom is 0.250 e. The fraction of sp³-hybridized carbons (Fsp3) is 0.444. The summed E-state index contributed by atoms with van der Waals surface area (Å²) in [4.78, 5) is 15.6. The molecule has 36 heavy (non-hydrogen) atoms. The number of aromatic amines is 1. The first-order valence-corrected chi connectivity index (χ1v) is 14.3. The number of fused-ring (bicyclic) bond motifs is 1. The standard InChI is InChI=1S/C27H33FN4O3S/c1-2-36(34,35)32-10-8-17(9-11-32)24-16-31-26-22(24)13-19(14-23(26)27(29)33)18-6-7-25(28)20(12-18)15-30-21-4-3-5-21/h6-7,12-14,16-17,21,30-31H,2-5,8-11,15H2,1H3,(H2,29,33). The number of benzene rings is 2. The normalized spacial score (nSPS) is 17.9. The smallest absolute Gasteiger partial charge is 0.250 e. The number of nitrogens with zero attached hydrogens (tertiary/aromatic N) is 1. The molecule has 1 aliphatic heterocycles. The number of carbonyl (C=O) groups is 1. The second-order valence-electron chi connectivity index (χ2n) is 9.94. The van der Waals surface area contributed by atoms with Gasteiger partial charge in [-0.2, -0.15) is 0 Å². The Morgan fingerprint density at radius 3 is 2.53 bits per heavy atom. The molecule has 1 amide bonds. The molecule has 2 heterocycles. The van der Waals surface area contributed by atoms with Crippen LogP contribution >= 0.6 is 0 Å². The molecule has 1 aromatic heterocycles. The van der Waals surface area contributed by atoms with Crippen LogP contribution in [-0.2, 0) is 16.6 Å². The summed E-state index contributed by atoms with van der Waals surface area (Å²) < 4.78 is 40.7. The van der Waals surface area contributed by atoms with Crippen molar-refractivity contribution in [3.63, 3.8) is 0 Å². The number of carbonyl (C=O) groups excluding carboxylic acids is 1. The number of H-pyrrole nitrogens is 1. The molecule has 3 aromatic rings. The Morgan fingerprint density at radius 2 is 1.89 bits per heavy atom. The summed E-state index contributed by atoms with van der Waals surface area (Å²) >= 11 is 0. The van der Waals surface area contributed by atoms with Crippen molar-refractivity contribution in [1.29, 1.82) is 0 Å². The lowest BCUT2D eigenvalue weighted by Crippen LogP contribution is -2.38. The van der Waals surface area contributed by atoms with Gasteiger partial charge in [-0.05, 0) is 79.5 Å². The number of rotatable bonds is 8. The Morgan fingerprint density at radius 1 is 1.14 bits per heavy atom. The average Bonchev–Trinajstić information content (AvgIpc) is 3.27. The number of sulfonamides is 1. The van der Waals surface area contributed by atoms with Gasteiger partial charge in [0.2, 0.25) is 10.0 Å². The van der Waals surface area contributed by atoms with Gasteiger partial charge in [0.05, 0.1) is 16.8 Å².